The summed E-state index contributed by atoms with van der Waals surface area (Å²) in [7, 11) is -4.33. The molecule has 3 unspecified atom stereocenters. The number of allylic oxidation sites excluding steroid dienone is 7. The van der Waals surface area contributed by atoms with Gasteiger partial charge in [-0.1, -0.05) is 101 Å². The second-order valence-electron chi connectivity index (χ2n) is 10.3. The van der Waals surface area contributed by atoms with Gasteiger partial charge in [-0.2, -0.15) is 0 Å². The SMILES string of the molecule is CCC/C=C\C/C=C\CCCCCCCC(=O)NC(COP(=O)(O)OCCN)C(O)/C=C/CC/C=C/CCCCC. The largest absolute Gasteiger partial charge is 0.472 e. The second kappa shape index (κ2) is 28.6. The fraction of sp³-hybridized carbons (Fsp3) is 0.719. The minimum absolute atomic E-state index is 0.0694. The normalized spacial score (nSPS) is 15.3. The first kappa shape index (κ1) is 39.5. The summed E-state index contributed by atoms with van der Waals surface area (Å²) in [6.07, 6.45) is 31.6. The molecule has 238 valence electrons. The number of unbranched alkanes of at least 4 members (excludes halogenated alkanes) is 10. The van der Waals surface area contributed by atoms with E-state index in [1.807, 2.05) is 6.08 Å². The monoisotopic (exact) mass is 598 g/mol. The van der Waals surface area contributed by atoms with Crippen molar-refractivity contribution in [3.63, 3.8) is 0 Å². The number of nitrogens with one attached hydrogen (secondary N) is 1. The van der Waals surface area contributed by atoms with Crippen molar-refractivity contribution >= 4 is 13.7 Å². The third-order valence-corrected chi connectivity index (χ3v) is 7.34. The Kier molecular flexibility index (Phi) is 27.5. The Morgan fingerprint density at radius 3 is 2.12 bits per heavy atom. The number of aliphatic hydroxyl groups is 1. The van der Waals surface area contributed by atoms with Crippen LogP contribution in [-0.2, 0) is 18.4 Å². The molecule has 0 aliphatic rings. The van der Waals surface area contributed by atoms with Gasteiger partial charge in [-0.15, -0.1) is 0 Å². The van der Waals surface area contributed by atoms with Crippen molar-refractivity contribution in [3.05, 3.63) is 48.6 Å². The van der Waals surface area contributed by atoms with Crippen molar-refractivity contribution in [2.75, 3.05) is 19.8 Å². The van der Waals surface area contributed by atoms with Gasteiger partial charge in [0.2, 0.25) is 5.91 Å². The van der Waals surface area contributed by atoms with Gasteiger partial charge < -0.3 is 21.1 Å². The fourth-order valence-corrected chi connectivity index (χ4v) is 4.71. The van der Waals surface area contributed by atoms with E-state index < -0.39 is 20.0 Å². The molecular weight excluding hydrogens is 539 g/mol. The van der Waals surface area contributed by atoms with E-state index >= 15 is 0 Å². The molecule has 3 atom stereocenters. The number of carbonyl (C=O) groups is 1. The number of rotatable bonds is 28. The summed E-state index contributed by atoms with van der Waals surface area (Å²) in [6.45, 7) is 3.93. The van der Waals surface area contributed by atoms with Gasteiger partial charge in [0.05, 0.1) is 25.4 Å². The average molecular weight is 599 g/mol. The van der Waals surface area contributed by atoms with Crippen molar-refractivity contribution in [3.8, 4) is 0 Å². The molecule has 0 aromatic heterocycles. The summed E-state index contributed by atoms with van der Waals surface area (Å²) < 4.78 is 21.8. The minimum atomic E-state index is -4.33. The van der Waals surface area contributed by atoms with E-state index in [2.05, 4.69) is 55.6 Å². The predicted octanol–water partition coefficient (Wildman–Crippen LogP) is 7.43. The van der Waals surface area contributed by atoms with E-state index in [0.29, 0.717) is 6.42 Å². The molecule has 5 N–H and O–H groups in total. The van der Waals surface area contributed by atoms with Gasteiger partial charge in [-0.25, -0.2) is 4.57 Å². The molecule has 41 heavy (non-hydrogen) atoms. The first-order chi connectivity index (χ1) is 19.9. The van der Waals surface area contributed by atoms with Crippen LogP contribution in [0.25, 0.3) is 0 Å². The van der Waals surface area contributed by atoms with E-state index in [1.165, 1.54) is 25.7 Å². The summed E-state index contributed by atoms with van der Waals surface area (Å²) in [4.78, 5) is 22.4. The number of amides is 1. The van der Waals surface area contributed by atoms with Gasteiger partial charge in [0.15, 0.2) is 0 Å². The van der Waals surface area contributed by atoms with Gasteiger partial charge in [0.1, 0.15) is 0 Å². The molecule has 8 nitrogen and oxygen atoms in total. The first-order valence-electron chi connectivity index (χ1n) is 15.8. The van der Waals surface area contributed by atoms with Gasteiger partial charge in [-0.05, 0) is 57.8 Å². The van der Waals surface area contributed by atoms with Gasteiger partial charge in [0.25, 0.3) is 0 Å². The summed E-state index contributed by atoms with van der Waals surface area (Å²) in [5, 5.41) is 13.4. The molecule has 9 heteroatoms. The molecular formula is C32H59N2O6P. The van der Waals surface area contributed by atoms with Crippen LogP contribution in [0.5, 0.6) is 0 Å². The van der Waals surface area contributed by atoms with Crippen molar-refractivity contribution in [1.82, 2.24) is 5.32 Å². The van der Waals surface area contributed by atoms with Crippen molar-refractivity contribution in [2.24, 2.45) is 5.73 Å². The molecule has 0 aromatic carbocycles. The lowest BCUT2D eigenvalue weighted by Gasteiger charge is -2.23. The number of hydrogen-bond acceptors (Lipinski definition) is 6. The quantitative estimate of drug-likeness (QED) is 0.0418. The van der Waals surface area contributed by atoms with Crippen LogP contribution in [0.4, 0.5) is 0 Å². The summed E-state index contributed by atoms with van der Waals surface area (Å²) >= 11 is 0. The third-order valence-electron chi connectivity index (χ3n) is 6.36. The van der Waals surface area contributed by atoms with Crippen LogP contribution < -0.4 is 11.1 Å². The highest BCUT2D eigenvalue weighted by Gasteiger charge is 2.26. The molecule has 0 radical (unpaired) electrons. The predicted molar refractivity (Wildman–Crippen MR) is 171 cm³/mol. The highest BCUT2D eigenvalue weighted by Crippen LogP contribution is 2.43. The van der Waals surface area contributed by atoms with Crippen molar-refractivity contribution in [2.45, 2.75) is 129 Å². The van der Waals surface area contributed by atoms with Gasteiger partial charge in [-0.3, -0.25) is 13.8 Å². The third kappa shape index (κ3) is 27.1. The smallest absolute Gasteiger partial charge is 0.387 e. The Bertz CT molecular complexity index is 784. The number of carbonyl (C=O) groups excluding carboxylic acids is 1. The first-order valence-corrected chi connectivity index (χ1v) is 17.3. The maximum Gasteiger partial charge on any atom is 0.472 e. The average Bonchev–Trinajstić information content (AvgIpc) is 2.95. The Morgan fingerprint density at radius 2 is 1.41 bits per heavy atom. The van der Waals surface area contributed by atoms with E-state index in [4.69, 9.17) is 14.8 Å². The maximum atomic E-state index is 12.6. The molecule has 0 rings (SSSR count). The lowest BCUT2D eigenvalue weighted by molar-refractivity contribution is -0.123. The standard InChI is InChI=1S/C32H59N2O6P/c1-3-5-7-9-11-13-14-15-16-18-20-22-24-26-32(36)34-30(29-40-41(37,38)39-28-27-33)31(35)25-23-21-19-17-12-10-8-6-4-2/h7,9,12-14,17,23,25,30-31,35H,3-6,8,10-11,15-16,18-22,24,26-29,33H2,1-2H3,(H,34,36)(H,37,38)/b9-7-,14-13-,17-12+,25-23+. The topological polar surface area (TPSA) is 131 Å². The molecule has 0 spiro atoms. The Balaban J connectivity index is 4.49. The highest BCUT2D eigenvalue weighted by molar-refractivity contribution is 7.47. The molecule has 0 fully saturated rings. The van der Waals surface area contributed by atoms with Crippen molar-refractivity contribution in [1.29, 1.82) is 0 Å². The zero-order valence-electron chi connectivity index (χ0n) is 25.8. The maximum absolute atomic E-state index is 12.6. The van der Waals surface area contributed by atoms with Gasteiger partial charge in [0, 0.05) is 13.0 Å². The molecule has 1 amide bonds. The zero-order valence-corrected chi connectivity index (χ0v) is 26.7. The molecule has 0 aromatic rings. The van der Waals surface area contributed by atoms with E-state index in [-0.39, 0.29) is 25.7 Å². The Morgan fingerprint density at radius 1 is 0.805 bits per heavy atom. The highest BCUT2D eigenvalue weighted by atomic mass is 31.2. The molecule has 0 aliphatic carbocycles. The van der Waals surface area contributed by atoms with Crippen LogP contribution in [0.1, 0.15) is 117 Å². The van der Waals surface area contributed by atoms with E-state index in [9.17, 15) is 19.4 Å². The van der Waals surface area contributed by atoms with E-state index in [0.717, 1.165) is 70.6 Å². The van der Waals surface area contributed by atoms with Gasteiger partial charge >= 0.3 is 7.82 Å². The number of phosphoric ester groups is 1. The lowest BCUT2D eigenvalue weighted by Crippen LogP contribution is -2.45. The summed E-state index contributed by atoms with van der Waals surface area (Å²) in [5.41, 5.74) is 5.32. The molecule has 0 heterocycles. The number of nitrogens with two attached hydrogens (primary N) is 1. The second-order valence-corrected chi connectivity index (χ2v) is 11.8. The summed E-state index contributed by atoms with van der Waals surface area (Å²) in [6, 6.07) is -0.881. The molecule has 0 saturated carbocycles. The van der Waals surface area contributed by atoms with Crippen molar-refractivity contribution < 1.29 is 28.4 Å². The number of aliphatic hydroxyl groups excluding tert-OH is 1. The van der Waals surface area contributed by atoms with Crippen LogP contribution in [0.2, 0.25) is 0 Å². The van der Waals surface area contributed by atoms with E-state index in [1.54, 1.807) is 6.08 Å². The Labute approximate surface area is 250 Å². The number of phosphoric acid groups is 1. The van der Waals surface area contributed by atoms with Crippen LogP contribution >= 0.6 is 7.82 Å². The molecule has 0 saturated heterocycles. The summed E-state index contributed by atoms with van der Waals surface area (Å²) in [5.74, 6) is -0.226. The molecule has 0 aliphatic heterocycles. The zero-order chi connectivity index (χ0) is 30.4. The van der Waals surface area contributed by atoms with Crippen LogP contribution in [-0.4, -0.2) is 47.8 Å². The Hall–Kier alpha value is -1.54. The minimum Gasteiger partial charge on any atom is -0.387 e. The number of hydrogen-bond donors (Lipinski definition) is 4. The molecule has 0 bridgehead atoms. The van der Waals surface area contributed by atoms with Crippen LogP contribution in [0.15, 0.2) is 48.6 Å². The lowest BCUT2D eigenvalue weighted by atomic mass is 10.1. The van der Waals surface area contributed by atoms with Crippen LogP contribution in [0.3, 0.4) is 0 Å². The van der Waals surface area contributed by atoms with Crippen LogP contribution in [0, 0.1) is 0 Å². The fourth-order valence-electron chi connectivity index (χ4n) is 3.95.